The van der Waals surface area contributed by atoms with Gasteiger partial charge in [0.25, 0.3) is 0 Å². The predicted molar refractivity (Wildman–Crippen MR) is 119 cm³/mol. The average Bonchev–Trinajstić information content (AvgIpc) is 2.72. The molecule has 1 aromatic carbocycles. The number of hydrogen-bond acceptors (Lipinski definition) is 5. The molecule has 0 aromatic heterocycles. The quantitative estimate of drug-likeness (QED) is 0.293. The Morgan fingerprint density at radius 2 is 2.24 bits per heavy atom. The molecule has 0 bridgehead atoms. The molecule has 0 aliphatic carbocycles. The van der Waals surface area contributed by atoms with Crippen LogP contribution in [-0.2, 0) is 4.79 Å². The smallest absolute Gasteiger partial charge is 0.243 e. The number of fused-ring (bicyclic) bond motifs is 1. The molecule has 1 aliphatic heterocycles. The lowest BCUT2D eigenvalue weighted by molar-refractivity contribution is -0.117. The fraction of sp³-hybridized carbons (Fsp3) is 0.318. The topological polar surface area (TPSA) is 107 Å². The number of amides is 1. The largest absolute Gasteiger partial charge is 0.384 e. The predicted octanol–water partition coefficient (Wildman–Crippen LogP) is 2.76. The number of carbonyl (C=O) groups is 1. The second-order valence-electron chi connectivity index (χ2n) is 6.89. The summed E-state index contributed by atoms with van der Waals surface area (Å²) in [6, 6.07) is 7.84. The summed E-state index contributed by atoms with van der Waals surface area (Å²) in [6.07, 6.45) is 5.82. The summed E-state index contributed by atoms with van der Waals surface area (Å²) in [5, 5.41) is 14.1. The number of nitrogens with two attached hydrogens (primary N) is 1. The third-order valence-corrected chi connectivity index (χ3v) is 4.91. The first kappa shape index (κ1) is 21.9. The molecule has 1 aromatic rings. The van der Waals surface area contributed by atoms with Gasteiger partial charge in [0.15, 0.2) is 0 Å². The maximum atomic E-state index is 11.9. The number of nitrogens with zero attached hydrogens (tertiary/aromatic N) is 2. The lowest BCUT2D eigenvalue weighted by atomic mass is 9.88. The van der Waals surface area contributed by atoms with E-state index in [1.807, 2.05) is 36.2 Å². The molecule has 0 saturated carbocycles. The molecule has 7 heteroatoms. The van der Waals surface area contributed by atoms with E-state index in [0.29, 0.717) is 13.0 Å². The van der Waals surface area contributed by atoms with Crippen LogP contribution in [0.1, 0.15) is 36.9 Å². The number of aliphatic imine (C=N–C) groups is 1. The molecule has 0 fully saturated rings. The molecule has 5 N–H and O–H groups in total. The summed E-state index contributed by atoms with van der Waals surface area (Å²) in [4.78, 5) is 17.9. The van der Waals surface area contributed by atoms with Crippen LogP contribution in [0, 0.1) is 11.3 Å². The van der Waals surface area contributed by atoms with Crippen molar-refractivity contribution in [2.45, 2.75) is 25.8 Å². The van der Waals surface area contributed by atoms with E-state index >= 15 is 0 Å². The minimum atomic E-state index is -0.208. The maximum Gasteiger partial charge on any atom is 0.243 e. The van der Waals surface area contributed by atoms with E-state index in [2.05, 4.69) is 35.7 Å². The minimum absolute atomic E-state index is 0.116. The first-order chi connectivity index (χ1) is 13.9. The van der Waals surface area contributed by atoms with Crippen LogP contribution in [-0.4, -0.2) is 37.0 Å². The second-order valence-corrected chi connectivity index (χ2v) is 6.89. The molecule has 2 atom stereocenters. The molecule has 154 valence electrons. The Hall–Kier alpha value is -3.35. The first-order valence-electron chi connectivity index (χ1n) is 9.63. The van der Waals surface area contributed by atoms with Crippen molar-refractivity contribution in [2.24, 2.45) is 16.6 Å². The molecule has 7 nitrogen and oxygen atoms in total. The van der Waals surface area contributed by atoms with Crippen molar-refractivity contribution in [1.29, 1.82) is 5.41 Å². The molecule has 1 heterocycles. The third-order valence-electron chi connectivity index (χ3n) is 4.91. The van der Waals surface area contributed by atoms with Gasteiger partial charge < -0.3 is 26.7 Å². The van der Waals surface area contributed by atoms with Gasteiger partial charge in [-0.1, -0.05) is 44.3 Å². The number of carbonyl (C=O) groups excluding carboxylic acids is 1. The molecular formula is C22H30N6O. The van der Waals surface area contributed by atoms with Crippen molar-refractivity contribution >= 4 is 24.2 Å². The molecule has 1 amide bonds. The first-order valence-corrected chi connectivity index (χ1v) is 9.63. The van der Waals surface area contributed by atoms with Gasteiger partial charge in [-0.05, 0) is 30.7 Å². The highest BCUT2D eigenvalue weighted by atomic mass is 16.1. The summed E-state index contributed by atoms with van der Waals surface area (Å²) in [5.74, 6) is 0.135. The van der Waals surface area contributed by atoms with Crippen LogP contribution >= 0.6 is 0 Å². The van der Waals surface area contributed by atoms with Crippen LogP contribution in [0.2, 0.25) is 0 Å². The van der Waals surface area contributed by atoms with E-state index in [9.17, 15) is 4.79 Å². The summed E-state index contributed by atoms with van der Waals surface area (Å²) in [6.45, 7) is 9.80. The van der Waals surface area contributed by atoms with E-state index in [0.717, 1.165) is 28.9 Å². The van der Waals surface area contributed by atoms with Crippen molar-refractivity contribution in [3.8, 4) is 0 Å². The van der Waals surface area contributed by atoms with Crippen molar-refractivity contribution < 1.29 is 4.79 Å². The van der Waals surface area contributed by atoms with Crippen molar-refractivity contribution in [3.05, 3.63) is 66.1 Å². The fourth-order valence-corrected chi connectivity index (χ4v) is 3.53. The van der Waals surface area contributed by atoms with Gasteiger partial charge in [0.05, 0.1) is 18.1 Å². The van der Waals surface area contributed by atoms with Gasteiger partial charge in [0.2, 0.25) is 5.91 Å². The number of allylic oxidation sites excluding steroid dienone is 1. The molecule has 0 spiro atoms. The Balaban J connectivity index is 2.60. The molecular weight excluding hydrogens is 364 g/mol. The van der Waals surface area contributed by atoms with Gasteiger partial charge in [-0.25, -0.2) is 4.99 Å². The van der Waals surface area contributed by atoms with E-state index in [-0.39, 0.29) is 23.7 Å². The Kier molecular flexibility index (Phi) is 7.77. The molecule has 0 saturated heterocycles. The number of hydrogen-bond donors (Lipinski definition) is 4. The minimum Gasteiger partial charge on any atom is -0.384 e. The summed E-state index contributed by atoms with van der Waals surface area (Å²) >= 11 is 0. The zero-order valence-electron chi connectivity index (χ0n) is 17.1. The molecule has 0 unspecified atom stereocenters. The number of rotatable bonds is 9. The number of nitrogens with one attached hydrogen (secondary N) is 3. The third kappa shape index (κ3) is 5.34. The van der Waals surface area contributed by atoms with Crippen LogP contribution in [0.4, 0.5) is 0 Å². The number of benzene rings is 1. The molecule has 0 radical (unpaired) electrons. The maximum absolute atomic E-state index is 11.9. The van der Waals surface area contributed by atoms with Crippen molar-refractivity contribution in [1.82, 2.24) is 15.5 Å². The summed E-state index contributed by atoms with van der Waals surface area (Å²) in [5.41, 5.74) is 9.64. The van der Waals surface area contributed by atoms with Gasteiger partial charge >= 0.3 is 0 Å². The Labute approximate surface area is 172 Å². The zero-order valence-corrected chi connectivity index (χ0v) is 17.1. The van der Waals surface area contributed by atoms with Crippen LogP contribution in [0.25, 0.3) is 5.70 Å². The SMILES string of the molecule is C=CC(=O)N[C@@H]1CN/C(=C(/[C@@H](CC)CC=N)N(C)/C=N\C(=C)N)c2ccccc21. The Morgan fingerprint density at radius 3 is 2.86 bits per heavy atom. The van der Waals surface area contributed by atoms with Gasteiger partial charge in [-0.2, -0.15) is 0 Å². The van der Waals surface area contributed by atoms with E-state index in [4.69, 9.17) is 11.1 Å². The van der Waals surface area contributed by atoms with Gasteiger partial charge in [-0.3, -0.25) is 4.79 Å². The molecule has 29 heavy (non-hydrogen) atoms. The average molecular weight is 395 g/mol. The highest BCUT2D eigenvalue weighted by Gasteiger charge is 2.28. The fourth-order valence-electron chi connectivity index (χ4n) is 3.53. The van der Waals surface area contributed by atoms with E-state index in [1.54, 1.807) is 6.34 Å². The van der Waals surface area contributed by atoms with E-state index < -0.39 is 0 Å². The Bertz CT molecular complexity index is 841. The monoisotopic (exact) mass is 394 g/mol. The highest BCUT2D eigenvalue weighted by Crippen LogP contribution is 2.34. The standard InChI is InChI=1S/C22H30N6O/c1-5-16(11-12-23)22(28(4)14-26-15(3)24)21-18-10-8-7-9-17(18)19(13-25-21)27-20(29)6-2/h6-10,12,14,16,19,23,25H,2-3,5,11,13,24H2,1,4H3,(H,27,29)/b22-21-,23-12?,26-14-/t16-,19+/m0/s1. The van der Waals surface area contributed by atoms with Crippen LogP contribution in [0.3, 0.4) is 0 Å². The Morgan fingerprint density at radius 1 is 1.52 bits per heavy atom. The van der Waals surface area contributed by atoms with E-state index in [1.165, 1.54) is 12.3 Å². The van der Waals surface area contributed by atoms with Crippen LogP contribution in [0.15, 0.2) is 60.0 Å². The molecule has 1 aliphatic rings. The normalized spacial score (nSPS) is 18.2. The van der Waals surface area contributed by atoms with Crippen molar-refractivity contribution in [2.75, 3.05) is 13.6 Å². The van der Waals surface area contributed by atoms with Gasteiger partial charge in [-0.15, -0.1) is 0 Å². The summed E-state index contributed by atoms with van der Waals surface area (Å²) in [7, 11) is 1.91. The van der Waals surface area contributed by atoms with Gasteiger partial charge in [0.1, 0.15) is 5.82 Å². The van der Waals surface area contributed by atoms with Gasteiger partial charge in [0, 0.05) is 30.8 Å². The highest BCUT2D eigenvalue weighted by molar-refractivity contribution is 5.87. The lowest BCUT2D eigenvalue weighted by Crippen LogP contribution is -2.40. The summed E-state index contributed by atoms with van der Waals surface area (Å²) < 4.78 is 0. The zero-order chi connectivity index (χ0) is 21.4. The second kappa shape index (κ2) is 10.3. The van der Waals surface area contributed by atoms with Crippen molar-refractivity contribution in [3.63, 3.8) is 0 Å². The van der Waals surface area contributed by atoms with Crippen LogP contribution < -0.4 is 16.4 Å². The molecule has 2 rings (SSSR count). The van der Waals surface area contributed by atoms with Crippen LogP contribution in [0.5, 0.6) is 0 Å². The lowest BCUT2D eigenvalue weighted by Gasteiger charge is -2.35.